The van der Waals surface area contributed by atoms with Gasteiger partial charge in [-0.2, -0.15) is 4.31 Å². The molecule has 0 bridgehead atoms. The number of piperidine rings is 2. The molecule has 1 amide bonds. The average molecular weight is 423 g/mol. The third kappa shape index (κ3) is 4.35. The molecule has 0 radical (unpaired) electrons. The maximum atomic E-state index is 13.1. The van der Waals surface area contributed by atoms with E-state index in [1.807, 2.05) is 6.92 Å². The molecule has 3 fully saturated rings. The number of hydrogen-bond acceptors (Lipinski definition) is 5. The molecular weight excluding hydrogens is 392 g/mol. The Morgan fingerprint density at radius 2 is 1.76 bits per heavy atom. The maximum Gasteiger partial charge on any atom is 0.253 e. The molecule has 3 aliphatic heterocycles. The number of ether oxygens (including phenoxy) is 2. The predicted octanol–water partition coefficient (Wildman–Crippen LogP) is 2.47. The van der Waals surface area contributed by atoms with Gasteiger partial charge in [0.1, 0.15) is 0 Å². The van der Waals surface area contributed by atoms with E-state index in [-0.39, 0.29) is 23.1 Å². The molecule has 0 saturated carbocycles. The highest BCUT2D eigenvalue weighted by atomic mass is 32.2. The van der Waals surface area contributed by atoms with Crippen molar-refractivity contribution in [1.82, 2.24) is 9.21 Å². The predicted molar refractivity (Wildman–Crippen MR) is 108 cm³/mol. The highest BCUT2D eigenvalue weighted by molar-refractivity contribution is 7.89. The van der Waals surface area contributed by atoms with Gasteiger partial charge in [-0.25, -0.2) is 8.42 Å². The minimum absolute atomic E-state index is 0.00726. The van der Waals surface area contributed by atoms with E-state index in [0.717, 1.165) is 32.1 Å². The quantitative estimate of drug-likeness (QED) is 0.745. The first-order valence-corrected chi connectivity index (χ1v) is 12.1. The Morgan fingerprint density at radius 3 is 2.45 bits per heavy atom. The number of sulfonamides is 1. The van der Waals surface area contributed by atoms with Crippen molar-refractivity contribution in [2.75, 3.05) is 32.8 Å². The van der Waals surface area contributed by atoms with Gasteiger partial charge in [0.05, 0.1) is 18.1 Å². The van der Waals surface area contributed by atoms with Crippen LogP contribution in [0.5, 0.6) is 0 Å². The van der Waals surface area contributed by atoms with Gasteiger partial charge in [0.15, 0.2) is 6.29 Å². The van der Waals surface area contributed by atoms with Crippen LogP contribution in [0.2, 0.25) is 0 Å². The lowest BCUT2D eigenvalue weighted by Crippen LogP contribution is -2.42. The van der Waals surface area contributed by atoms with Crippen LogP contribution in [0.25, 0.3) is 0 Å². The van der Waals surface area contributed by atoms with Crippen LogP contribution >= 0.6 is 0 Å². The number of benzene rings is 1. The van der Waals surface area contributed by atoms with Crippen molar-refractivity contribution in [3.8, 4) is 0 Å². The minimum atomic E-state index is -3.59. The number of likely N-dealkylation sites (tertiary alicyclic amines) is 1. The molecular formula is C21H30N2O5S. The fourth-order valence-electron chi connectivity index (χ4n) is 4.56. The SMILES string of the molecule is CC1CCCCN1S(=O)(=O)c1cccc(C(=O)N2CCC(C3OCCO3)CC2)c1. The van der Waals surface area contributed by atoms with E-state index < -0.39 is 10.0 Å². The summed E-state index contributed by atoms with van der Waals surface area (Å²) in [5.41, 5.74) is 0.433. The van der Waals surface area contributed by atoms with E-state index in [1.54, 1.807) is 27.4 Å². The molecule has 7 nitrogen and oxygen atoms in total. The molecule has 160 valence electrons. The molecule has 4 rings (SSSR count). The van der Waals surface area contributed by atoms with Gasteiger partial charge in [0, 0.05) is 37.2 Å². The van der Waals surface area contributed by atoms with Crippen LogP contribution in [-0.4, -0.2) is 68.7 Å². The molecule has 0 aliphatic carbocycles. The lowest BCUT2D eigenvalue weighted by Gasteiger charge is -2.34. The van der Waals surface area contributed by atoms with Gasteiger partial charge in [-0.15, -0.1) is 0 Å². The molecule has 1 aromatic carbocycles. The van der Waals surface area contributed by atoms with Gasteiger partial charge >= 0.3 is 0 Å². The van der Waals surface area contributed by atoms with E-state index in [0.29, 0.717) is 44.3 Å². The van der Waals surface area contributed by atoms with Crippen LogP contribution in [0, 0.1) is 5.92 Å². The summed E-state index contributed by atoms with van der Waals surface area (Å²) in [6.07, 6.45) is 4.33. The zero-order valence-corrected chi connectivity index (χ0v) is 17.8. The first-order chi connectivity index (χ1) is 14.0. The second-order valence-electron chi connectivity index (χ2n) is 8.23. The Kier molecular flexibility index (Phi) is 6.24. The van der Waals surface area contributed by atoms with Crippen molar-refractivity contribution in [2.24, 2.45) is 5.92 Å². The van der Waals surface area contributed by atoms with E-state index in [1.165, 1.54) is 6.07 Å². The number of hydrogen-bond donors (Lipinski definition) is 0. The molecule has 8 heteroatoms. The molecule has 1 aromatic rings. The van der Waals surface area contributed by atoms with Crippen molar-refractivity contribution in [3.63, 3.8) is 0 Å². The summed E-state index contributed by atoms with van der Waals surface area (Å²) in [6.45, 7) is 5.04. The van der Waals surface area contributed by atoms with Gasteiger partial charge in [-0.1, -0.05) is 12.5 Å². The molecule has 0 N–H and O–H groups in total. The van der Waals surface area contributed by atoms with Crippen LogP contribution in [0.15, 0.2) is 29.2 Å². The van der Waals surface area contributed by atoms with Crippen LogP contribution in [0.4, 0.5) is 0 Å². The summed E-state index contributed by atoms with van der Waals surface area (Å²) < 4.78 is 39.0. The van der Waals surface area contributed by atoms with E-state index in [2.05, 4.69) is 0 Å². The normalized spacial score (nSPS) is 25.4. The smallest absolute Gasteiger partial charge is 0.253 e. The third-order valence-corrected chi connectivity index (χ3v) is 8.30. The fourth-order valence-corrected chi connectivity index (χ4v) is 6.31. The summed E-state index contributed by atoms with van der Waals surface area (Å²) in [4.78, 5) is 15.0. The van der Waals surface area contributed by atoms with E-state index in [4.69, 9.17) is 9.47 Å². The highest BCUT2D eigenvalue weighted by Crippen LogP contribution is 2.28. The molecule has 29 heavy (non-hydrogen) atoms. The number of carbonyl (C=O) groups excluding carboxylic acids is 1. The fraction of sp³-hybridized carbons (Fsp3) is 0.667. The topological polar surface area (TPSA) is 76.2 Å². The van der Waals surface area contributed by atoms with Gasteiger partial charge < -0.3 is 14.4 Å². The molecule has 3 heterocycles. The van der Waals surface area contributed by atoms with Crippen LogP contribution in [0.3, 0.4) is 0 Å². The van der Waals surface area contributed by atoms with Crippen molar-refractivity contribution >= 4 is 15.9 Å². The van der Waals surface area contributed by atoms with Crippen molar-refractivity contribution in [1.29, 1.82) is 0 Å². The molecule has 3 aliphatic rings. The number of carbonyl (C=O) groups is 1. The van der Waals surface area contributed by atoms with Crippen molar-refractivity contribution in [2.45, 2.75) is 56.3 Å². The summed E-state index contributed by atoms with van der Waals surface area (Å²) >= 11 is 0. The van der Waals surface area contributed by atoms with Gasteiger partial charge in [0.2, 0.25) is 10.0 Å². The lowest BCUT2D eigenvalue weighted by atomic mass is 9.95. The first kappa shape index (κ1) is 20.8. The Labute approximate surface area is 173 Å². The number of nitrogens with zero attached hydrogens (tertiary/aromatic N) is 2. The second kappa shape index (κ2) is 8.71. The lowest BCUT2D eigenvalue weighted by molar-refractivity contribution is -0.0956. The third-order valence-electron chi connectivity index (χ3n) is 6.29. The average Bonchev–Trinajstić information content (AvgIpc) is 3.28. The van der Waals surface area contributed by atoms with Gasteiger partial charge in [-0.05, 0) is 50.8 Å². The van der Waals surface area contributed by atoms with Crippen LogP contribution in [-0.2, 0) is 19.5 Å². The van der Waals surface area contributed by atoms with E-state index >= 15 is 0 Å². The Morgan fingerprint density at radius 1 is 1.03 bits per heavy atom. The molecule has 0 aromatic heterocycles. The number of rotatable bonds is 4. The Hall–Kier alpha value is -1.48. The standard InChI is InChI=1S/C21H30N2O5S/c1-16-5-2-3-10-23(16)29(25,26)19-7-4-6-18(15-19)20(24)22-11-8-17(9-12-22)21-27-13-14-28-21/h4,6-7,15-17,21H,2-3,5,8-14H2,1H3. The summed E-state index contributed by atoms with van der Waals surface area (Å²) in [7, 11) is -3.59. The summed E-state index contributed by atoms with van der Waals surface area (Å²) in [6, 6.07) is 6.49. The monoisotopic (exact) mass is 422 g/mol. The summed E-state index contributed by atoms with van der Waals surface area (Å²) in [5, 5.41) is 0. The zero-order valence-electron chi connectivity index (χ0n) is 17.0. The van der Waals surface area contributed by atoms with Gasteiger partial charge in [-0.3, -0.25) is 4.79 Å². The molecule has 3 saturated heterocycles. The molecule has 1 atom stereocenters. The molecule has 0 spiro atoms. The van der Waals surface area contributed by atoms with Crippen LogP contribution < -0.4 is 0 Å². The largest absolute Gasteiger partial charge is 0.350 e. The highest BCUT2D eigenvalue weighted by Gasteiger charge is 2.34. The van der Waals surface area contributed by atoms with Gasteiger partial charge in [0.25, 0.3) is 5.91 Å². The molecule has 1 unspecified atom stereocenters. The van der Waals surface area contributed by atoms with Crippen molar-refractivity contribution in [3.05, 3.63) is 29.8 Å². The Bertz CT molecular complexity index is 829. The first-order valence-electron chi connectivity index (χ1n) is 10.6. The summed E-state index contributed by atoms with van der Waals surface area (Å²) in [5.74, 6) is 0.203. The zero-order chi connectivity index (χ0) is 20.4. The Balaban J connectivity index is 1.45. The second-order valence-corrected chi connectivity index (χ2v) is 10.1. The number of amides is 1. The van der Waals surface area contributed by atoms with Crippen molar-refractivity contribution < 1.29 is 22.7 Å². The van der Waals surface area contributed by atoms with Crippen LogP contribution in [0.1, 0.15) is 49.4 Å². The maximum absolute atomic E-state index is 13.1. The minimum Gasteiger partial charge on any atom is -0.350 e. The van der Waals surface area contributed by atoms with E-state index in [9.17, 15) is 13.2 Å².